The highest BCUT2D eigenvalue weighted by molar-refractivity contribution is 5.20. The number of rotatable bonds is 5. The van der Waals surface area contributed by atoms with Crippen LogP contribution in [0.25, 0.3) is 0 Å². The zero-order valence-electron chi connectivity index (χ0n) is 10.1. The SMILES string of the molecule is CCC(COc1ccccc1)N1CCCC1. The lowest BCUT2D eigenvalue weighted by Crippen LogP contribution is -2.36. The topological polar surface area (TPSA) is 12.5 Å². The number of para-hydroxylation sites is 1. The molecule has 0 radical (unpaired) electrons. The second-order valence-corrected chi connectivity index (χ2v) is 4.43. The van der Waals surface area contributed by atoms with Gasteiger partial charge < -0.3 is 4.74 Å². The van der Waals surface area contributed by atoms with Crippen molar-refractivity contribution in [1.82, 2.24) is 4.90 Å². The van der Waals surface area contributed by atoms with Crippen molar-refractivity contribution in [2.45, 2.75) is 32.2 Å². The maximum atomic E-state index is 5.83. The molecule has 0 amide bonds. The van der Waals surface area contributed by atoms with Crippen LogP contribution in [0.4, 0.5) is 0 Å². The molecule has 1 saturated heterocycles. The average molecular weight is 219 g/mol. The van der Waals surface area contributed by atoms with Crippen LogP contribution in [-0.4, -0.2) is 30.6 Å². The van der Waals surface area contributed by atoms with Gasteiger partial charge in [0.05, 0.1) is 0 Å². The predicted octanol–water partition coefficient (Wildman–Crippen LogP) is 2.94. The first-order valence-corrected chi connectivity index (χ1v) is 6.32. The van der Waals surface area contributed by atoms with E-state index >= 15 is 0 Å². The molecule has 1 aromatic rings. The van der Waals surface area contributed by atoms with Crippen LogP contribution < -0.4 is 4.74 Å². The molecule has 0 spiro atoms. The normalized spacial score (nSPS) is 18.6. The zero-order valence-corrected chi connectivity index (χ0v) is 10.1. The number of hydrogen-bond acceptors (Lipinski definition) is 2. The minimum Gasteiger partial charge on any atom is -0.492 e. The quantitative estimate of drug-likeness (QED) is 0.755. The molecule has 0 saturated carbocycles. The number of benzene rings is 1. The van der Waals surface area contributed by atoms with Crippen LogP contribution >= 0.6 is 0 Å². The van der Waals surface area contributed by atoms with Gasteiger partial charge in [0, 0.05) is 6.04 Å². The summed E-state index contributed by atoms with van der Waals surface area (Å²) in [4.78, 5) is 2.56. The van der Waals surface area contributed by atoms with Crippen molar-refractivity contribution in [3.05, 3.63) is 30.3 Å². The van der Waals surface area contributed by atoms with Crippen molar-refractivity contribution in [2.24, 2.45) is 0 Å². The summed E-state index contributed by atoms with van der Waals surface area (Å²) in [6.07, 6.45) is 3.87. The van der Waals surface area contributed by atoms with Gasteiger partial charge in [-0.3, -0.25) is 4.90 Å². The molecule has 0 N–H and O–H groups in total. The van der Waals surface area contributed by atoms with Gasteiger partial charge in [-0.2, -0.15) is 0 Å². The fraction of sp³-hybridized carbons (Fsp3) is 0.571. The molecule has 1 unspecified atom stereocenters. The van der Waals surface area contributed by atoms with Crippen LogP contribution in [0, 0.1) is 0 Å². The molecule has 2 heteroatoms. The van der Waals surface area contributed by atoms with E-state index in [9.17, 15) is 0 Å². The van der Waals surface area contributed by atoms with Crippen molar-refractivity contribution >= 4 is 0 Å². The van der Waals surface area contributed by atoms with E-state index in [4.69, 9.17) is 4.74 Å². The summed E-state index contributed by atoms with van der Waals surface area (Å²) in [7, 11) is 0. The summed E-state index contributed by atoms with van der Waals surface area (Å²) in [6.45, 7) is 5.56. The van der Waals surface area contributed by atoms with Crippen molar-refractivity contribution in [2.75, 3.05) is 19.7 Å². The number of hydrogen-bond donors (Lipinski definition) is 0. The summed E-state index contributed by atoms with van der Waals surface area (Å²) < 4.78 is 5.83. The van der Waals surface area contributed by atoms with E-state index < -0.39 is 0 Å². The van der Waals surface area contributed by atoms with Crippen molar-refractivity contribution in [3.63, 3.8) is 0 Å². The van der Waals surface area contributed by atoms with Gasteiger partial charge in [-0.25, -0.2) is 0 Å². The summed E-state index contributed by atoms with van der Waals surface area (Å²) in [6, 6.07) is 10.7. The molecule has 2 nitrogen and oxygen atoms in total. The third-order valence-corrected chi connectivity index (χ3v) is 3.31. The first-order chi connectivity index (χ1) is 7.90. The molecule has 1 heterocycles. The van der Waals surface area contributed by atoms with Crippen LogP contribution in [0.1, 0.15) is 26.2 Å². The Labute approximate surface area is 98.2 Å². The van der Waals surface area contributed by atoms with Gasteiger partial charge in [-0.1, -0.05) is 25.1 Å². The molecule has 88 valence electrons. The molecule has 1 aliphatic heterocycles. The minimum absolute atomic E-state index is 0.586. The highest BCUT2D eigenvalue weighted by Crippen LogP contribution is 2.16. The first-order valence-electron chi connectivity index (χ1n) is 6.32. The lowest BCUT2D eigenvalue weighted by molar-refractivity contribution is 0.156. The van der Waals surface area contributed by atoms with Crippen molar-refractivity contribution < 1.29 is 4.74 Å². The summed E-state index contributed by atoms with van der Waals surface area (Å²) in [5.74, 6) is 0.986. The van der Waals surface area contributed by atoms with Crippen LogP contribution in [0.15, 0.2) is 30.3 Å². The van der Waals surface area contributed by atoms with Crippen LogP contribution in [0.2, 0.25) is 0 Å². The van der Waals surface area contributed by atoms with Crippen LogP contribution in [0.3, 0.4) is 0 Å². The van der Waals surface area contributed by atoms with Gasteiger partial charge in [0.15, 0.2) is 0 Å². The van der Waals surface area contributed by atoms with Gasteiger partial charge in [0.1, 0.15) is 12.4 Å². The molecule has 1 aliphatic rings. The molecule has 2 rings (SSSR count). The fourth-order valence-electron chi connectivity index (χ4n) is 2.30. The van der Waals surface area contributed by atoms with Crippen molar-refractivity contribution in [3.8, 4) is 5.75 Å². The Morgan fingerprint density at radius 3 is 2.50 bits per heavy atom. The summed E-state index contributed by atoms with van der Waals surface area (Å²) in [5.41, 5.74) is 0. The molecule has 1 aromatic carbocycles. The maximum Gasteiger partial charge on any atom is 0.119 e. The Bertz CT molecular complexity index is 293. The van der Waals surface area contributed by atoms with E-state index in [0.717, 1.165) is 12.4 Å². The number of nitrogens with zero attached hydrogens (tertiary/aromatic N) is 1. The molecular formula is C14H21NO. The second kappa shape index (κ2) is 5.90. The molecule has 1 atom stereocenters. The smallest absolute Gasteiger partial charge is 0.119 e. The van der Waals surface area contributed by atoms with E-state index in [0.29, 0.717) is 6.04 Å². The minimum atomic E-state index is 0.586. The molecule has 0 aromatic heterocycles. The summed E-state index contributed by atoms with van der Waals surface area (Å²) in [5, 5.41) is 0. The van der Waals surface area contributed by atoms with Crippen LogP contribution in [-0.2, 0) is 0 Å². The van der Waals surface area contributed by atoms with Gasteiger partial charge in [-0.05, 0) is 44.5 Å². The molecular weight excluding hydrogens is 198 g/mol. The maximum absolute atomic E-state index is 5.83. The van der Waals surface area contributed by atoms with Crippen molar-refractivity contribution in [1.29, 1.82) is 0 Å². The Hall–Kier alpha value is -1.02. The lowest BCUT2D eigenvalue weighted by Gasteiger charge is -2.26. The van der Waals surface area contributed by atoms with Gasteiger partial charge in [0.25, 0.3) is 0 Å². The predicted molar refractivity (Wildman–Crippen MR) is 66.8 cm³/mol. The van der Waals surface area contributed by atoms with Gasteiger partial charge in [0.2, 0.25) is 0 Å². The van der Waals surface area contributed by atoms with E-state index in [1.807, 2.05) is 30.3 Å². The van der Waals surface area contributed by atoms with Crippen LogP contribution in [0.5, 0.6) is 5.75 Å². The molecule has 0 aliphatic carbocycles. The molecule has 1 fully saturated rings. The summed E-state index contributed by atoms with van der Waals surface area (Å²) >= 11 is 0. The monoisotopic (exact) mass is 219 g/mol. The highest BCUT2D eigenvalue weighted by Gasteiger charge is 2.20. The largest absolute Gasteiger partial charge is 0.492 e. The van der Waals surface area contributed by atoms with E-state index in [1.54, 1.807) is 0 Å². The number of likely N-dealkylation sites (tertiary alicyclic amines) is 1. The van der Waals surface area contributed by atoms with Gasteiger partial charge >= 0.3 is 0 Å². The lowest BCUT2D eigenvalue weighted by atomic mass is 10.2. The molecule has 16 heavy (non-hydrogen) atoms. The zero-order chi connectivity index (χ0) is 11.2. The van der Waals surface area contributed by atoms with E-state index in [2.05, 4.69) is 11.8 Å². The number of ether oxygens (including phenoxy) is 1. The Morgan fingerprint density at radius 2 is 1.88 bits per heavy atom. The second-order valence-electron chi connectivity index (χ2n) is 4.43. The average Bonchev–Trinajstić information content (AvgIpc) is 2.85. The Morgan fingerprint density at radius 1 is 1.19 bits per heavy atom. The highest BCUT2D eigenvalue weighted by atomic mass is 16.5. The first kappa shape index (κ1) is 11.5. The van der Waals surface area contributed by atoms with Gasteiger partial charge in [-0.15, -0.1) is 0 Å². The molecule has 0 bridgehead atoms. The Kier molecular flexibility index (Phi) is 4.23. The third-order valence-electron chi connectivity index (χ3n) is 3.31. The van der Waals surface area contributed by atoms with E-state index in [-0.39, 0.29) is 0 Å². The third kappa shape index (κ3) is 2.99. The standard InChI is InChI=1S/C14H21NO/c1-2-13(15-10-6-7-11-15)12-16-14-8-4-3-5-9-14/h3-5,8-9,13H,2,6-7,10-12H2,1H3. The van der Waals surface area contributed by atoms with E-state index in [1.165, 1.54) is 32.4 Å². The fourth-order valence-corrected chi connectivity index (χ4v) is 2.30. The Balaban J connectivity index is 1.83.